The van der Waals surface area contributed by atoms with Gasteiger partial charge in [-0.15, -0.1) is 10.2 Å². The van der Waals surface area contributed by atoms with Crippen molar-refractivity contribution in [3.8, 4) is 0 Å². The normalized spacial score (nSPS) is 14.6. The lowest BCUT2D eigenvalue weighted by atomic mass is 10.2. The molecule has 0 spiro atoms. The van der Waals surface area contributed by atoms with Gasteiger partial charge in [-0.2, -0.15) is 0 Å². The van der Waals surface area contributed by atoms with Crippen molar-refractivity contribution in [3.05, 3.63) is 17.7 Å². The van der Waals surface area contributed by atoms with E-state index in [1.807, 2.05) is 6.92 Å². The SMILES string of the molecule is CCNc1ncnc(Sc2nnc3n2CCCCC3)c1C. The Bertz CT molecular complexity index is 624. The first-order chi connectivity index (χ1) is 10.3. The Hall–Kier alpha value is -1.63. The molecule has 0 saturated heterocycles. The van der Waals surface area contributed by atoms with Crippen molar-refractivity contribution < 1.29 is 0 Å². The van der Waals surface area contributed by atoms with Crippen LogP contribution in [0, 0.1) is 6.92 Å². The molecule has 0 radical (unpaired) electrons. The molecule has 6 nitrogen and oxygen atoms in total. The highest BCUT2D eigenvalue weighted by atomic mass is 32.2. The van der Waals surface area contributed by atoms with Crippen LogP contribution in [0.2, 0.25) is 0 Å². The van der Waals surface area contributed by atoms with E-state index in [1.54, 1.807) is 18.1 Å². The third kappa shape index (κ3) is 3.02. The van der Waals surface area contributed by atoms with Gasteiger partial charge in [-0.25, -0.2) is 9.97 Å². The Kier molecular flexibility index (Phi) is 4.38. The predicted octanol–water partition coefficient (Wildman–Crippen LogP) is 2.69. The molecule has 0 unspecified atom stereocenters. The number of nitrogens with one attached hydrogen (secondary N) is 1. The molecule has 1 N–H and O–H groups in total. The number of anilines is 1. The van der Waals surface area contributed by atoms with Crippen molar-refractivity contribution in [2.45, 2.75) is 56.3 Å². The fourth-order valence-electron chi connectivity index (χ4n) is 2.50. The van der Waals surface area contributed by atoms with Crippen LogP contribution in [0.3, 0.4) is 0 Å². The number of aryl methyl sites for hydroxylation is 1. The summed E-state index contributed by atoms with van der Waals surface area (Å²) in [4.78, 5) is 8.68. The van der Waals surface area contributed by atoms with E-state index >= 15 is 0 Å². The fraction of sp³-hybridized carbons (Fsp3) is 0.571. The molecular weight excluding hydrogens is 284 g/mol. The molecule has 0 fully saturated rings. The van der Waals surface area contributed by atoms with Gasteiger partial charge in [0.15, 0.2) is 5.16 Å². The molecule has 0 amide bonds. The molecule has 21 heavy (non-hydrogen) atoms. The molecule has 2 aromatic heterocycles. The number of hydrogen-bond acceptors (Lipinski definition) is 6. The van der Waals surface area contributed by atoms with Crippen LogP contribution in [0.5, 0.6) is 0 Å². The second-order valence-electron chi connectivity index (χ2n) is 5.15. The van der Waals surface area contributed by atoms with E-state index in [9.17, 15) is 0 Å². The summed E-state index contributed by atoms with van der Waals surface area (Å²) in [6, 6.07) is 0. The number of fused-ring (bicyclic) bond motifs is 1. The number of rotatable bonds is 4. The van der Waals surface area contributed by atoms with Crippen LogP contribution < -0.4 is 5.32 Å². The summed E-state index contributed by atoms with van der Waals surface area (Å²) in [5.74, 6) is 2.00. The Balaban J connectivity index is 1.87. The van der Waals surface area contributed by atoms with Crippen LogP contribution >= 0.6 is 11.8 Å². The van der Waals surface area contributed by atoms with Gasteiger partial charge in [0.2, 0.25) is 0 Å². The molecule has 7 heteroatoms. The Morgan fingerprint density at radius 3 is 3.00 bits per heavy atom. The van der Waals surface area contributed by atoms with E-state index in [0.717, 1.165) is 46.9 Å². The zero-order valence-electron chi connectivity index (χ0n) is 12.5. The van der Waals surface area contributed by atoms with E-state index in [1.165, 1.54) is 19.3 Å². The Morgan fingerprint density at radius 1 is 1.24 bits per heavy atom. The highest BCUT2D eigenvalue weighted by molar-refractivity contribution is 7.99. The van der Waals surface area contributed by atoms with Crippen molar-refractivity contribution in [2.75, 3.05) is 11.9 Å². The summed E-state index contributed by atoms with van der Waals surface area (Å²) in [7, 11) is 0. The van der Waals surface area contributed by atoms with Gasteiger partial charge >= 0.3 is 0 Å². The van der Waals surface area contributed by atoms with Gasteiger partial charge in [0.1, 0.15) is 23.0 Å². The first-order valence-electron chi connectivity index (χ1n) is 7.45. The van der Waals surface area contributed by atoms with Crippen LogP contribution in [-0.4, -0.2) is 31.3 Å². The van der Waals surface area contributed by atoms with Gasteiger partial charge in [-0.1, -0.05) is 6.42 Å². The van der Waals surface area contributed by atoms with Crippen LogP contribution in [0.1, 0.15) is 37.6 Å². The topological polar surface area (TPSA) is 68.5 Å². The number of hydrogen-bond donors (Lipinski definition) is 1. The van der Waals surface area contributed by atoms with Gasteiger partial charge in [-0.3, -0.25) is 0 Å². The van der Waals surface area contributed by atoms with E-state index in [4.69, 9.17) is 0 Å². The molecule has 0 saturated carbocycles. The summed E-state index contributed by atoms with van der Waals surface area (Å²) in [6.45, 7) is 5.96. The lowest BCUT2D eigenvalue weighted by molar-refractivity contribution is 0.590. The monoisotopic (exact) mass is 304 g/mol. The zero-order chi connectivity index (χ0) is 14.7. The van der Waals surface area contributed by atoms with Crippen LogP contribution in [0.4, 0.5) is 5.82 Å². The molecule has 0 aliphatic carbocycles. The van der Waals surface area contributed by atoms with Crippen LogP contribution in [-0.2, 0) is 13.0 Å². The summed E-state index contributed by atoms with van der Waals surface area (Å²) < 4.78 is 2.24. The minimum atomic E-state index is 0.849. The molecule has 3 heterocycles. The predicted molar refractivity (Wildman–Crippen MR) is 82.6 cm³/mol. The van der Waals surface area contributed by atoms with E-state index < -0.39 is 0 Å². The Morgan fingerprint density at radius 2 is 2.14 bits per heavy atom. The average molecular weight is 304 g/mol. The molecule has 1 aliphatic heterocycles. The lowest BCUT2D eigenvalue weighted by Gasteiger charge is -2.10. The first kappa shape index (κ1) is 14.3. The van der Waals surface area contributed by atoms with E-state index in [2.05, 4.69) is 37.0 Å². The number of nitrogens with zero attached hydrogens (tertiary/aromatic N) is 5. The molecular formula is C14H20N6S. The smallest absolute Gasteiger partial charge is 0.197 e. The highest BCUT2D eigenvalue weighted by Crippen LogP contribution is 2.31. The average Bonchev–Trinajstić information content (AvgIpc) is 2.71. The Labute approximate surface area is 128 Å². The van der Waals surface area contributed by atoms with Gasteiger partial charge in [0.25, 0.3) is 0 Å². The van der Waals surface area contributed by atoms with Gasteiger partial charge < -0.3 is 9.88 Å². The minimum Gasteiger partial charge on any atom is -0.370 e. The quantitative estimate of drug-likeness (QED) is 0.876. The van der Waals surface area contributed by atoms with E-state index in [0.29, 0.717) is 0 Å². The van der Waals surface area contributed by atoms with Crippen molar-refractivity contribution in [3.63, 3.8) is 0 Å². The molecule has 3 rings (SSSR count). The van der Waals surface area contributed by atoms with Crippen molar-refractivity contribution in [2.24, 2.45) is 0 Å². The molecule has 0 aromatic carbocycles. The second-order valence-corrected chi connectivity index (χ2v) is 6.10. The van der Waals surface area contributed by atoms with Crippen molar-refractivity contribution in [1.29, 1.82) is 0 Å². The standard InChI is InChI=1S/C14H20N6S/c1-3-15-12-10(2)13(17-9-16-12)21-14-19-18-11-7-5-4-6-8-20(11)14/h9H,3-8H2,1-2H3,(H,15,16,17). The van der Waals surface area contributed by atoms with Gasteiger partial charge in [0.05, 0.1) is 0 Å². The minimum absolute atomic E-state index is 0.849. The summed E-state index contributed by atoms with van der Waals surface area (Å²) in [6.07, 6.45) is 6.31. The summed E-state index contributed by atoms with van der Waals surface area (Å²) in [5.41, 5.74) is 1.07. The third-order valence-electron chi connectivity index (χ3n) is 3.65. The maximum absolute atomic E-state index is 4.40. The molecule has 0 atom stereocenters. The largest absolute Gasteiger partial charge is 0.370 e. The molecule has 112 valence electrons. The third-order valence-corrected chi connectivity index (χ3v) is 4.74. The molecule has 2 aromatic rings. The second kappa shape index (κ2) is 6.43. The van der Waals surface area contributed by atoms with E-state index in [-0.39, 0.29) is 0 Å². The van der Waals surface area contributed by atoms with Crippen LogP contribution in [0.25, 0.3) is 0 Å². The lowest BCUT2D eigenvalue weighted by Crippen LogP contribution is -2.05. The van der Waals surface area contributed by atoms with Gasteiger partial charge in [-0.05, 0) is 38.5 Å². The van der Waals surface area contributed by atoms with Gasteiger partial charge in [0, 0.05) is 25.1 Å². The molecule has 0 bridgehead atoms. The maximum atomic E-state index is 4.40. The molecule has 1 aliphatic rings. The van der Waals surface area contributed by atoms with Crippen molar-refractivity contribution in [1.82, 2.24) is 24.7 Å². The first-order valence-corrected chi connectivity index (χ1v) is 8.26. The number of aromatic nitrogens is 5. The zero-order valence-corrected chi connectivity index (χ0v) is 13.3. The fourth-order valence-corrected chi connectivity index (χ4v) is 3.41. The van der Waals surface area contributed by atoms with Crippen molar-refractivity contribution >= 4 is 17.6 Å². The maximum Gasteiger partial charge on any atom is 0.197 e. The highest BCUT2D eigenvalue weighted by Gasteiger charge is 2.17. The summed E-state index contributed by atoms with van der Waals surface area (Å²) >= 11 is 1.58. The van der Waals surface area contributed by atoms with Crippen LogP contribution in [0.15, 0.2) is 16.5 Å². The summed E-state index contributed by atoms with van der Waals surface area (Å²) in [5, 5.41) is 13.8.